The number of hydrogen-bond donors (Lipinski definition) is 1. The highest BCUT2D eigenvalue weighted by Crippen LogP contribution is 2.46. The molecule has 1 aliphatic heterocycles. The number of benzene rings is 4. The molecule has 2 heterocycles. The minimum absolute atomic E-state index is 0.0607. The molecule has 6 rings (SSSR count). The van der Waals surface area contributed by atoms with Crippen molar-refractivity contribution < 1.29 is 33.6 Å². The molecule has 9 nitrogen and oxygen atoms in total. The molecule has 47 heavy (non-hydrogen) atoms. The Bertz CT molecular complexity index is 1940. The predicted molar refractivity (Wildman–Crippen MR) is 182 cm³/mol. The van der Waals surface area contributed by atoms with Crippen LogP contribution in [0.25, 0.3) is 16.0 Å². The van der Waals surface area contributed by atoms with Crippen molar-refractivity contribution in [1.82, 2.24) is 4.98 Å². The first kappa shape index (κ1) is 31.6. The second-order valence-corrected chi connectivity index (χ2v) is 11.8. The van der Waals surface area contributed by atoms with Gasteiger partial charge in [-0.1, -0.05) is 54.7 Å². The fourth-order valence-corrected chi connectivity index (χ4v) is 6.39. The van der Waals surface area contributed by atoms with Gasteiger partial charge in [-0.2, -0.15) is 0 Å². The van der Waals surface area contributed by atoms with Gasteiger partial charge in [0.15, 0.2) is 16.6 Å². The SMILES string of the molecule is CCCOc1ccc(C(O)=C2C(=O)C(=O)N(c3nc4ccc(OC)cc4s3)C2c2ccc(OCc3ccccc3)c(OCC)c2)cc1. The van der Waals surface area contributed by atoms with E-state index in [-0.39, 0.29) is 11.3 Å². The van der Waals surface area contributed by atoms with Crippen molar-refractivity contribution in [2.45, 2.75) is 32.9 Å². The van der Waals surface area contributed by atoms with Gasteiger partial charge in [-0.15, -0.1) is 0 Å². The number of methoxy groups -OCH3 is 1. The molecule has 4 aromatic carbocycles. The molecule has 0 spiro atoms. The quantitative estimate of drug-likeness (QED) is 0.0832. The molecule has 1 saturated heterocycles. The van der Waals surface area contributed by atoms with E-state index in [0.29, 0.717) is 64.6 Å². The van der Waals surface area contributed by atoms with E-state index in [9.17, 15) is 14.7 Å². The maximum atomic E-state index is 13.8. The van der Waals surface area contributed by atoms with Crippen LogP contribution in [0.2, 0.25) is 0 Å². The van der Waals surface area contributed by atoms with Crippen LogP contribution in [0.3, 0.4) is 0 Å². The lowest BCUT2D eigenvalue weighted by molar-refractivity contribution is -0.132. The van der Waals surface area contributed by atoms with E-state index >= 15 is 0 Å². The molecule has 10 heteroatoms. The molecule has 1 aliphatic rings. The average Bonchev–Trinajstić information content (AvgIpc) is 3.64. The Morgan fingerprint density at radius 1 is 0.872 bits per heavy atom. The standard InChI is InChI=1S/C37H34N2O7S/c1-4-19-45-26-14-11-24(12-15-26)34(40)32-33(25-13-18-29(30(20-25)44-5-2)46-22-23-9-7-6-8-10-23)39(36(42)35(32)41)37-38-28-17-16-27(43-3)21-31(28)47-37/h6-18,20-21,33,40H,4-5,19,22H2,1-3H3. The number of amides is 1. The Morgan fingerprint density at radius 3 is 2.36 bits per heavy atom. The van der Waals surface area contributed by atoms with Crippen LogP contribution in [-0.2, 0) is 16.2 Å². The third kappa shape index (κ3) is 6.50. The first-order chi connectivity index (χ1) is 22.9. The first-order valence-corrected chi connectivity index (χ1v) is 16.2. The lowest BCUT2D eigenvalue weighted by Crippen LogP contribution is -2.29. The van der Waals surface area contributed by atoms with Crippen molar-refractivity contribution in [1.29, 1.82) is 0 Å². The summed E-state index contributed by atoms with van der Waals surface area (Å²) in [6, 6.07) is 26.2. The van der Waals surface area contributed by atoms with Crippen LogP contribution in [0, 0.1) is 0 Å². The molecular weight excluding hydrogens is 616 g/mol. The number of thiazole rings is 1. The van der Waals surface area contributed by atoms with Gasteiger partial charge in [0.25, 0.3) is 5.78 Å². The Balaban J connectivity index is 1.46. The zero-order valence-corrected chi connectivity index (χ0v) is 27.1. The number of carbonyl (C=O) groups excluding carboxylic acids is 2. The highest BCUT2D eigenvalue weighted by Gasteiger charge is 2.48. The molecule has 1 amide bonds. The van der Waals surface area contributed by atoms with Crippen LogP contribution in [0.5, 0.6) is 23.0 Å². The zero-order chi connectivity index (χ0) is 32.9. The second-order valence-electron chi connectivity index (χ2n) is 10.8. The van der Waals surface area contributed by atoms with E-state index in [1.54, 1.807) is 61.7 Å². The van der Waals surface area contributed by atoms with Crippen molar-refractivity contribution in [3.8, 4) is 23.0 Å². The Labute approximate surface area is 276 Å². The molecule has 0 bridgehead atoms. The molecule has 1 unspecified atom stereocenters. The number of fused-ring (bicyclic) bond motifs is 1. The topological polar surface area (TPSA) is 107 Å². The maximum Gasteiger partial charge on any atom is 0.301 e. The Morgan fingerprint density at radius 2 is 1.64 bits per heavy atom. The van der Waals surface area contributed by atoms with Crippen molar-refractivity contribution >= 4 is 44.1 Å². The Hall–Kier alpha value is -5.35. The number of anilines is 1. The van der Waals surface area contributed by atoms with Gasteiger partial charge >= 0.3 is 5.91 Å². The van der Waals surface area contributed by atoms with Crippen LogP contribution in [-0.4, -0.2) is 42.1 Å². The van der Waals surface area contributed by atoms with E-state index in [1.165, 1.54) is 16.2 Å². The number of ketones is 1. The summed E-state index contributed by atoms with van der Waals surface area (Å²) >= 11 is 1.26. The molecule has 1 atom stereocenters. The number of Topliss-reactive ketones (excluding diaryl/α,β-unsaturated/α-hetero) is 1. The molecule has 0 aliphatic carbocycles. The summed E-state index contributed by atoms with van der Waals surface area (Å²) in [5.74, 6) is 0.306. The van der Waals surface area contributed by atoms with Gasteiger partial charge in [0.05, 0.1) is 42.2 Å². The fourth-order valence-electron chi connectivity index (χ4n) is 5.37. The van der Waals surface area contributed by atoms with Gasteiger partial charge in [0.2, 0.25) is 0 Å². The predicted octanol–water partition coefficient (Wildman–Crippen LogP) is 7.70. The third-order valence-corrected chi connectivity index (χ3v) is 8.67. The number of aliphatic hydroxyl groups is 1. The third-order valence-electron chi connectivity index (χ3n) is 7.66. The zero-order valence-electron chi connectivity index (χ0n) is 26.3. The number of hydrogen-bond acceptors (Lipinski definition) is 9. The average molecular weight is 651 g/mol. The van der Waals surface area contributed by atoms with Gasteiger partial charge in [-0.3, -0.25) is 14.5 Å². The first-order valence-electron chi connectivity index (χ1n) is 15.3. The Kier molecular flexibility index (Phi) is 9.40. The van der Waals surface area contributed by atoms with E-state index < -0.39 is 17.7 Å². The maximum absolute atomic E-state index is 13.8. The number of aromatic nitrogens is 1. The lowest BCUT2D eigenvalue weighted by Gasteiger charge is -2.24. The van der Waals surface area contributed by atoms with Crippen molar-refractivity contribution in [3.05, 3.63) is 113 Å². The van der Waals surface area contributed by atoms with Gasteiger partial charge in [-0.05, 0) is 79.1 Å². The van der Waals surface area contributed by atoms with E-state index in [2.05, 4.69) is 0 Å². The van der Waals surface area contributed by atoms with Gasteiger partial charge in [0, 0.05) is 5.56 Å². The number of aliphatic hydroxyl groups excluding tert-OH is 1. The van der Waals surface area contributed by atoms with Crippen LogP contribution < -0.4 is 23.8 Å². The highest BCUT2D eigenvalue weighted by atomic mass is 32.1. The summed E-state index contributed by atoms with van der Waals surface area (Å²) < 4.78 is 24.0. The minimum atomic E-state index is -1.00. The molecule has 0 radical (unpaired) electrons. The summed E-state index contributed by atoms with van der Waals surface area (Å²) in [4.78, 5) is 33.7. The van der Waals surface area contributed by atoms with E-state index in [1.807, 2.05) is 50.2 Å². The highest BCUT2D eigenvalue weighted by molar-refractivity contribution is 7.22. The van der Waals surface area contributed by atoms with Gasteiger partial charge in [-0.25, -0.2) is 4.98 Å². The molecule has 1 fully saturated rings. The van der Waals surface area contributed by atoms with Crippen molar-refractivity contribution in [2.75, 3.05) is 25.2 Å². The smallest absolute Gasteiger partial charge is 0.301 e. The normalized spacial score (nSPS) is 15.6. The summed E-state index contributed by atoms with van der Waals surface area (Å²) in [5, 5.41) is 12.0. The van der Waals surface area contributed by atoms with Crippen LogP contribution in [0.4, 0.5) is 5.13 Å². The van der Waals surface area contributed by atoms with E-state index in [4.69, 9.17) is 23.9 Å². The van der Waals surface area contributed by atoms with Gasteiger partial charge < -0.3 is 24.1 Å². The van der Waals surface area contributed by atoms with Crippen LogP contribution >= 0.6 is 11.3 Å². The van der Waals surface area contributed by atoms with E-state index in [0.717, 1.165) is 16.7 Å². The molecule has 1 N–H and O–H groups in total. The van der Waals surface area contributed by atoms with Crippen LogP contribution in [0.15, 0.2) is 96.6 Å². The van der Waals surface area contributed by atoms with Crippen molar-refractivity contribution in [3.63, 3.8) is 0 Å². The number of carbonyl (C=O) groups is 2. The monoisotopic (exact) mass is 650 g/mol. The van der Waals surface area contributed by atoms with Crippen LogP contribution in [0.1, 0.15) is 43.0 Å². The van der Waals surface area contributed by atoms with Crippen molar-refractivity contribution in [2.24, 2.45) is 0 Å². The molecule has 5 aromatic rings. The number of ether oxygens (including phenoxy) is 4. The number of nitrogens with zero attached hydrogens (tertiary/aromatic N) is 2. The fraction of sp³-hybridized carbons (Fsp3) is 0.216. The molecule has 0 saturated carbocycles. The minimum Gasteiger partial charge on any atom is -0.507 e. The molecule has 240 valence electrons. The summed E-state index contributed by atoms with van der Waals surface area (Å²) in [7, 11) is 1.58. The largest absolute Gasteiger partial charge is 0.507 e. The summed E-state index contributed by atoms with van der Waals surface area (Å²) in [6.45, 7) is 5.12. The van der Waals surface area contributed by atoms with Gasteiger partial charge in [0.1, 0.15) is 23.9 Å². The lowest BCUT2D eigenvalue weighted by atomic mass is 9.95. The molecule has 1 aromatic heterocycles. The second kappa shape index (κ2) is 14.0. The summed E-state index contributed by atoms with van der Waals surface area (Å²) in [5.41, 5.74) is 2.49. The number of rotatable bonds is 12. The molecular formula is C37H34N2O7S. The summed E-state index contributed by atoms with van der Waals surface area (Å²) in [6.07, 6.45) is 0.851.